The number of aryl methyl sites for hydroxylation is 1. The normalized spacial score (nSPS) is 12.1. The molecule has 0 aliphatic rings. The van der Waals surface area contributed by atoms with Gasteiger partial charge >= 0.3 is 0 Å². The SMILES string of the molecule is Cc1cc(Br)c(O)c([C@H](N)CC#N)c1. The summed E-state index contributed by atoms with van der Waals surface area (Å²) in [5.74, 6) is 0.123. The minimum absolute atomic E-state index is 0.123. The molecule has 0 saturated carbocycles. The highest BCUT2D eigenvalue weighted by atomic mass is 79.9. The van der Waals surface area contributed by atoms with Gasteiger partial charge in [-0.25, -0.2) is 0 Å². The van der Waals surface area contributed by atoms with E-state index in [1.165, 1.54) is 0 Å². The zero-order valence-corrected chi connectivity index (χ0v) is 9.37. The first-order valence-corrected chi connectivity index (χ1v) is 4.97. The van der Waals surface area contributed by atoms with Crippen molar-refractivity contribution in [1.82, 2.24) is 0 Å². The maximum Gasteiger partial charge on any atom is 0.134 e. The van der Waals surface area contributed by atoms with Gasteiger partial charge in [0.25, 0.3) is 0 Å². The molecule has 0 aliphatic carbocycles. The van der Waals surface area contributed by atoms with Gasteiger partial charge in [0, 0.05) is 11.6 Å². The summed E-state index contributed by atoms with van der Waals surface area (Å²) in [6.07, 6.45) is 0.198. The van der Waals surface area contributed by atoms with Crippen LogP contribution < -0.4 is 5.73 Å². The van der Waals surface area contributed by atoms with Crippen LogP contribution in [0, 0.1) is 18.3 Å². The number of benzene rings is 1. The minimum atomic E-state index is -0.434. The third kappa shape index (κ3) is 2.25. The predicted molar refractivity (Wildman–Crippen MR) is 57.7 cm³/mol. The second-order valence-corrected chi connectivity index (χ2v) is 4.01. The first kappa shape index (κ1) is 11.0. The highest BCUT2D eigenvalue weighted by Gasteiger charge is 2.13. The van der Waals surface area contributed by atoms with E-state index < -0.39 is 6.04 Å². The molecule has 3 N–H and O–H groups in total. The number of phenolic OH excluding ortho intramolecular Hbond substituents is 1. The van der Waals surface area contributed by atoms with Crippen molar-refractivity contribution in [3.05, 3.63) is 27.7 Å². The molecule has 14 heavy (non-hydrogen) atoms. The smallest absolute Gasteiger partial charge is 0.134 e. The van der Waals surface area contributed by atoms with Crippen LogP contribution in [0.25, 0.3) is 0 Å². The molecule has 3 nitrogen and oxygen atoms in total. The molecule has 1 rings (SSSR count). The lowest BCUT2D eigenvalue weighted by Gasteiger charge is -2.12. The summed E-state index contributed by atoms with van der Waals surface area (Å²) in [5, 5.41) is 18.2. The van der Waals surface area contributed by atoms with Crippen molar-refractivity contribution in [2.75, 3.05) is 0 Å². The predicted octanol–water partition coefficient (Wildman–Crippen LogP) is 2.38. The number of phenols is 1. The van der Waals surface area contributed by atoms with Gasteiger partial charge in [-0.1, -0.05) is 6.07 Å². The van der Waals surface area contributed by atoms with Crippen LogP contribution in [0.15, 0.2) is 16.6 Å². The molecule has 0 bridgehead atoms. The number of nitriles is 1. The highest BCUT2D eigenvalue weighted by Crippen LogP contribution is 2.33. The lowest BCUT2D eigenvalue weighted by molar-refractivity contribution is 0.458. The zero-order chi connectivity index (χ0) is 10.7. The minimum Gasteiger partial charge on any atom is -0.506 e. The van der Waals surface area contributed by atoms with Crippen LogP contribution in [0.3, 0.4) is 0 Å². The summed E-state index contributed by atoms with van der Waals surface area (Å²) < 4.78 is 0.612. The maximum absolute atomic E-state index is 9.68. The molecule has 0 heterocycles. The fourth-order valence-electron chi connectivity index (χ4n) is 1.25. The summed E-state index contributed by atoms with van der Waals surface area (Å²) in [6, 6.07) is 5.14. The lowest BCUT2D eigenvalue weighted by atomic mass is 10.0. The van der Waals surface area contributed by atoms with Crippen LogP contribution >= 0.6 is 15.9 Å². The Labute approximate surface area is 91.3 Å². The second kappa shape index (κ2) is 4.45. The summed E-state index contributed by atoms with van der Waals surface area (Å²) in [4.78, 5) is 0. The average molecular weight is 255 g/mol. The van der Waals surface area contributed by atoms with Crippen LogP contribution in [0.2, 0.25) is 0 Å². The number of hydrogen-bond acceptors (Lipinski definition) is 3. The molecule has 0 radical (unpaired) electrons. The van der Waals surface area contributed by atoms with Gasteiger partial charge in [0.15, 0.2) is 0 Å². The van der Waals surface area contributed by atoms with Crippen LogP contribution in [0.1, 0.15) is 23.6 Å². The van der Waals surface area contributed by atoms with Crippen molar-refractivity contribution in [3.63, 3.8) is 0 Å². The van der Waals surface area contributed by atoms with Gasteiger partial charge in [-0.3, -0.25) is 0 Å². The molecule has 1 aromatic rings. The molecular weight excluding hydrogens is 244 g/mol. The maximum atomic E-state index is 9.68. The van der Waals surface area contributed by atoms with E-state index in [2.05, 4.69) is 15.9 Å². The number of hydrogen-bond donors (Lipinski definition) is 2. The molecule has 1 atom stereocenters. The summed E-state index contributed by atoms with van der Waals surface area (Å²) in [7, 11) is 0. The molecule has 0 aromatic heterocycles. The standard InChI is InChI=1S/C10H11BrN2O/c1-6-4-7(9(13)2-3-12)10(14)8(11)5-6/h4-5,9,14H,2,13H2,1H3/t9-/m1/s1. The Hall–Kier alpha value is -1.05. The van der Waals surface area contributed by atoms with Gasteiger partial charge in [0.2, 0.25) is 0 Å². The zero-order valence-electron chi connectivity index (χ0n) is 7.79. The molecule has 0 spiro atoms. The van der Waals surface area contributed by atoms with Crippen molar-refractivity contribution in [2.45, 2.75) is 19.4 Å². The van der Waals surface area contributed by atoms with Gasteiger partial charge in [0.1, 0.15) is 5.75 Å². The Morgan fingerprint density at radius 2 is 2.29 bits per heavy atom. The lowest BCUT2D eigenvalue weighted by Crippen LogP contribution is -2.09. The number of rotatable bonds is 2. The fraction of sp³-hybridized carbons (Fsp3) is 0.300. The Kier molecular flexibility index (Phi) is 3.50. The number of nitrogens with zero attached hydrogens (tertiary/aromatic N) is 1. The van der Waals surface area contributed by atoms with E-state index >= 15 is 0 Å². The molecule has 4 heteroatoms. The Morgan fingerprint density at radius 3 is 2.86 bits per heavy atom. The van der Waals surface area contributed by atoms with Crippen LogP contribution in [0.5, 0.6) is 5.75 Å². The number of halogens is 1. The van der Waals surface area contributed by atoms with E-state index in [-0.39, 0.29) is 12.2 Å². The first-order valence-electron chi connectivity index (χ1n) is 4.17. The fourth-order valence-corrected chi connectivity index (χ4v) is 1.84. The van der Waals surface area contributed by atoms with E-state index in [0.29, 0.717) is 10.0 Å². The Morgan fingerprint density at radius 1 is 1.64 bits per heavy atom. The van der Waals surface area contributed by atoms with Gasteiger partial charge < -0.3 is 10.8 Å². The molecule has 0 saturated heterocycles. The summed E-state index contributed by atoms with van der Waals surface area (Å²) in [6.45, 7) is 1.91. The van der Waals surface area contributed by atoms with Crippen molar-refractivity contribution in [3.8, 4) is 11.8 Å². The van der Waals surface area contributed by atoms with Crippen molar-refractivity contribution in [2.24, 2.45) is 5.73 Å². The molecule has 0 aliphatic heterocycles. The second-order valence-electron chi connectivity index (χ2n) is 3.15. The molecule has 0 fully saturated rings. The Balaban J connectivity index is 3.14. The van der Waals surface area contributed by atoms with Crippen molar-refractivity contribution >= 4 is 15.9 Å². The largest absolute Gasteiger partial charge is 0.506 e. The first-order chi connectivity index (χ1) is 6.56. The van der Waals surface area contributed by atoms with Gasteiger partial charge in [0.05, 0.1) is 17.0 Å². The van der Waals surface area contributed by atoms with Crippen LogP contribution in [-0.2, 0) is 0 Å². The third-order valence-electron chi connectivity index (χ3n) is 1.95. The Bertz CT molecular complexity index is 384. The van der Waals surface area contributed by atoms with Gasteiger partial charge in [-0.05, 0) is 34.5 Å². The summed E-state index contributed by atoms with van der Waals surface area (Å²) >= 11 is 3.23. The van der Waals surface area contributed by atoms with E-state index in [0.717, 1.165) is 5.56 Å². The summed E-state index contributed by atoms with van der Waals surface area (Å²) in [5.41, 5.74) is 7.35. The van der Waals surface area contributed by atoms with Gasteiger partial charge in [-0.2, -0.15) is 5.26 Å². The van der Waals surface area contributed by atoms with E-state index in [4.69, 9.17) is 11.0 Å². The molecule has 1 aromatic carbocycles. The van der Waals surface area contributed by atoms with E-state index in [1.54, 1.807) is 12.1 Å². The number of aromatic hydroxyl groups is 1. The van der Waals surface area contributed by atoms with Crippen molar-refractivity contribution < 1.29 is 5.11 Å². The van der Waals surface area contributed by atoms with E-state index in [1.807, 2.05) is 13.0 Å². The molecular formula is C10H11BrN2O. The van der Waals surface area contributed by atoms with Crippen molar-refractivity contribution in [1.29, 1.82) is 5.26 Å². The quantitative estimate of drug-likeness (QED) is 0.852. The average Bonchev–Trinajstić information content (AvgIpc) is 2.11. The monoisotopic (exact) mass is 254 g/mol. The van der Waals surface area contributed by atoms with Gasteiger partial charge in [-0.15, -0.1) is 0 Å². The molecule has 0 amide bonds. The molecule has 0 unspecified atom stereocenters. The van der Waals surface area contributed by atoms with Crippen LogP contribution in [0.4, 0.5) is 0 Å². The van der Waals surface area contributed by atoms with Crippen LogP contribution in [-0.4, -0.2) is 5.11 Å². The topological polar surface area (TPSA) is 70.0 Å². The molecule has 74 valence electrons. The number of nitrogens with two attached hydrogens (primary N) is 1. The third-order valence-corrected chi connectivity index (χ3v) is 2.55. The van der Waals surface area contributed by atoms with E-state index in [9.17, 15) is 5.11 Å². The highest BCUT2D eigenvalue weighted by molar-refractivity contribution is 9.10.